The summed E-state index contributed by atoms with van der Waals surface area (Å²) in [7, 11) is 1.58. The number of amides is 1. The van der Waals surface area contributed by atoms with Crippen LogP contribution in [-0.2, 0) is 11.0 Å². The van der Waals surface area contributed by atoms with Gasteiger partial charge in [-0.25, -0.2) is 4.99 Å². The first-order chi connectivity index (χ1) is 15.8. The number of rotatable bonds is 5. The fourth-order valence-corrected chi connectivity index (χ4v) is 4.24. The molecule has 0 spiro atoms. The van der Waals surface area contributed by atoms with Crippen LogP contribution in [0.2, 0.25) is 0 Å². The molecule has 1 aromatic heterocycles. The van der Waals surface area contributed by atoms with Crippen LogP contribution in [0.15, 0.2) is 75.0 Å². The molecule has 1 fully saturated rings. The molecule has 2 heterocycles. The summed E-state index contributed by atoms with van der Waals surface area (Å²) >= 11 is 1.21. The second-order valence-electron chi connectivity index (χ2n) is 7.03. The van der Waals surface area contributed by atoms with Crippen LogP contribution in [0.25, 0.3) is 17.4 Å². The molecule has 1 aliphatic heterocycles. The molecule has 0 N–H and O–H groups in total. The Morgan fingerprint density at radius 3 is 2.55 bits per heavy atom. The molecule has 0 aliphatic carbocycles. The van der Waals surface area contributed by atoms with Crippen LogP contribution in [0.4, 0.5) is 18.9 Å². The lowest BCUT2D eigenvalue weighted by molar-refractivity contribution is -0.137. The number of carbonyl (C=O) groups excluding carboxylic acids is 1. The summed E-state index contributed by atoms with van der Waals surface area (Å²) in [5.41, 5.74) is 0.225. The van der Waals surface area contributed by atoms with Crippen molar-refractivity contribution in [2.45, 2.75) is 13.1 Å². The van der Waals surface area contributed by atoms with Crippen molar-refractivity contribution in [3.8, 4) is 17.1 Å². The van der Waals surface area contributed by atoms with E-state index in [1.54, 1.807) is 60.6 Å². The number of aliphatic imine (C=N–C) groups is 1. The Bertz CT molecular complexity index is 1230. The quantitative estimate of drug-likeness (QED) is 0.393. The number of nitrogens with zero attached hydrogens (tertiary/aromatic N) is 2. The van der Waals surface area contributed by atoms with Crippen LogP contribution in [0, 0.1) is 0 Å². The van der Waals surface area contributed by atoms with Gasteiger partial charge in [0.15, 0.2) is 5.17 Å². The number of furan rings is 1. The molecule has 0 saturated carbocycles. The van der Waals surface area contributed by atoms with Crippen molar-refractivity contribution in [2.75, 3.05) is 13.7 Å². The van der Waals surface area contributed by atoms with Gasteiger partial charge in [-0.15, -0.1) is 0 Å². The smallest absolute Gasteiger partial charge is 0.416 e. The van der Waals surface area contributed by atoms with Crippen LogP contribution in [0.1, 0.15) is 18.2 Å². The van der Waals surface area contributed by atoms with E-state index in [1.165, 1.54) is 17.8 Å². The summed E-state index contributed by atoms with van der Waals surface area (Å²) < 4.78 is 49.9. The molecule has 4 rings (SSSR count). The zero-order valence-electron chi connectivity index (χ0n) is 17.7. The minimum Gasteiger partial charge on any atom is -0.497 e. The average molecular weight is 472 g/mol. The van der Waals surface area contributed by atoms with Gasteiger partial charge in [0.05, 0.1) is 23.3 Å². The van der Waals surface area contributed by atoms with E-state index in [0.717, 1.165) is 12.1 Å². The van der Waals surface area contributed by atoms with Crippen LogP contribution in [0.3, 0.4) is 0 Å². The largest absolute Gasteiger partial charge is 0.497 e. The molecule has 2 aromatic carbocycles. The number of hydrogen-bond donors (Lipinski definition) is 0. The van der Waals surface area contributed by atoms with E-state index in [4.69, 9.17) is 9.15 Å². The Balaban J connectivity index is 1.59. The van der Waals surface area contributed by atoms with Crippen molar-refractivity contribution >= 4 is 34.6 Å². The van der Waals surface area contributed by atoms with E-state index in [1.807, 2.05) is 6.92 Å². The maximum atomic E-state index is 13.0. The number of alkyl halides is 3. The highest BCUT2D eigenvalue weighted by Crippen LogP contribution is 2.36. The number of hydrogen-bond acceptors (Lipinski definition) is 5. The Labute approximate surface area is 192 Å². The molecule has 1 amide bonds. The second-order valence-corrected chi connectivity index (χ2v) is 8.04. The predicted octanol–water partition coefficient (Wildman–Crippen LogP) is 6.60. The number of methoxy groups -OCH3 is 1. The third-order valence-electron chi connectivity index (χ3n) is 4.88. The van der Waals surface area contributed by atoms with Gasteiger partial charge >= 0.3 is 6.18 Å². The molecular weight excluding hydrogens is 453 g/mol. The number of benzene rings is 2. The lowest BCUT2D eigenvalue weighted by Gasteiger charge is -2.12. The Morgan fingerprint density at radius 1 is 1.12 bits per heavy atom. The first-order valence-electron chi connectivity index (χ1n) is 10.00. The molecule has 0 radical (unpaired) electrons. The van der Waals surface area contributed by atoms with Gasteiger partial charge in [0, 0.05) is 18.2 Å². The Hall–Kier alpha value is -3.46. The molecular formula is C24H19F3N2O3S. The highest BCUT2D eigenvalue weighted by atomic mass is 32.2. The van der Waals surface area contributed by atoms with Crippen LogP contribution in [0.5, 0.6) is 5.75 Å². The van der Waals surface area contributed by atoms with Gasteiger partial charge in [-0.1, -0.05) is 12.1 Å². The summed E-state index contributed by atoms with van der Waals surface area (Å²) in [5, 5.41) is 0.531. The minimum atomic E-state index is -4.44. The zero-order chi connectivity index (χ0) is 23.6. The molecule has 3 aromatic rings. The van der Waals surface area contributed by atoms with Gasteiger partial charge < -0.3 is 9.15 Å². The van der Waals surface area contributed by atoms with Crippen molar-refractivity contribution < 1.29 is 27.1 Å². The maximum absolute atomic E-state index is 13.0. The lowest BCUT2D eigenvalue weighted by Crippen LogP contribution is -2.28. The molecule has 9 heteroatoms. The van der Waals surface area contributed by atoms with Gasteiger partial charge in [-0.3, -0.25) is 9.69 Å². The number of halogens is 3. The number of amidine groups is 1. The maximum Gasteiger partial charge on any atom is 0.416 e. The van der Waals surface area contributed by atoms with Crippen LogP contribution >= 0.6 is 11.8 Å². The normalized spacial score (nSPS) is 16.8. The van der Waals surface area contributed by atoms with Crippen molar-refractivity contribution in [1.82, 2.24) is 4.90 Å². The van der Waals surface area contributed by atoms with Crippen molar-refractivity contribution in [1.29, 1.82) is 0 Å². The highest BCUT2D eigenvalue weighted by molar-refractivity contribution is 8.18. The standard InChI is InChI=1S/C24H19F3N2O3S/c1-3-29-22(30)21(33-23(29)28-17-7-9-18(31-2)10-8-17)14-19-11-12-20(32-19)15-5-4-6-16(13-15)24(25,26)27/h4-14H,3H2,1-2H3/b21-14+,28-23?. The van der Waals surface area contributed by atoms with Gasteiger partial charge in [0.2, 0.25) is 0 Å². The minimum absolute atomic E-state index is 0.216. The van der Waals surface area contributed by atoms with Crippen molar-refractivity contribution in [3.05, 3.63) is 76.9 Å². The molecule has 0 bridgehead atoms. The van der Waals surface area contributed by atoms with E-state index in [9.17, 15) is 18.0 Å². The summed E-state index contributed by atoms with van der Waals surface area (Å²) in [6.07, 6.45) is -2.87. The Morgan fingerprint density at radius 2 is 1.88 bits per heavy atom. The average Bonchev–Trinajstić information content (AvgIpc) is 3.38. The number of ether oxygens (including phenoxy) is 1. The lowest BCUT2D eigenvalue weighted by atomic mass is 10.1. The summed E-state index contributed by atoms with van der Waals surface area (Å²) in [5.74, 6) is 1.13. The van der Waals surface area contributed by atoms with Crippen molar-refractivity contribution in [3.63, 3.8) is 0 Å². The summed E-state index contributed by atoms with van der Waals surface area (Å²) in [4.78, 5) is 19.4. The number of thioether (sulfide) groups is 1. The molecule has 33 heavy (non-hydrogen) atoms. The third kappa shape index (κ3) is 4.98. The number of carbonyl (C=O) groups is 1. The van der Waals surface area contributed by atoms with Crippen molar-refractivity contribution in [2.24, 2.45) is 4.99 Å². The van der Waals surface area contributed by atoms with Gasteiger partial charge in [0.25, 0.3) is 5.91 Å². The highest BCUT2D eigenvalue weighted by Gasteiger charge is 2.33. The van der Waals surface area contributed by atoms with Crippen LogP contribution < -0.4 is 4.74 Å². The second kappa shape index (κ2) is 9.19. The topological polar surface area (TPSA) is 55.0 Å². The summed E-state index contributed by atoms with van der Waals surface area (Å²) in [6, 6.07) is 15.3. The first-order valence-corrected chi connectivity index (χ1v) is 10.8. The zero-order valence-corrected chi connectivity index (χ0v) is 18.5. The fraction of sp³-hybridized carbons (Fsp3) is 0.167. The number of likely N-dealkylation sites (N-methyl/N-ethyl adjacent to an activating group) is 1. The third-order valence-corrected chi connectivity index (χ3v) is 5.88. The fourth-order valence-electron chi connectivity index (χ4n) is 3.20. The van der Waals surface area contributed by atoms with Crippen LogP contribution in [-0.4, -0.2) is 29.6 Å². The summed E-state index contributed by atoms with van der Waals surface area (Å²) in [6.45, 7) is 2.29. The molecule has 1 saturated heterocycles. The first kappa shape index (κ1) is 22.7. The van der Waals surface area contributed by atoms with E-state index < -0.39 is 11.7 Å². The van der Waals surface area contributed by atoms with Gasteiger partial charge in [0.1, 0.15) is 17.3 Å². The van der Waals surface area contributed by atoms with E-state index in [0.29, 0.717) is 39.4 Å². The molecule has 0 unspecified atom stereocenters. The molecule has 0 atom stereocenters. The van der Waals surface area contributed by atoms with E-state index in [-0.39, 0.29) is 11.7 Å². The molecule has 170 valence electrons. The molecule has 5 nitrogen and oxygen atoms in total. The van der Waals surface area contributed by atoms with Gasteiger partial charge in [-0.2, -0.15) is 13.2 Å². The van der Waals surface area contributed by atoms with E-state index in [2.05, 4.69) is 4.99 Å². The monoisotopic (exact) mass is 472 g/mol. The molecule has 1 aliphatic rings. The van der Waals surface area contributed by atoms with E-state index >= 15 is 0 Å². The van der Waals surface area contributed by atoms with Gasteiger partial charge in [-0.05, 0) is 67.2 Å². The SMILES string of the molecule is CCN1C(=O)/C(=C\c2ccc(-c3cccc(C(F)(F)F)c3)o2)SC1=Nc1ccc(OC)cc1. The predicted molar refractivity (Wildman–Crippen MR) is 122 cm³/mol. The Kier molecular flexibility index (Phi) is 6.33.